The van der Waals surface area contributed by atoms with Crippen LogP contribution >= 0.6 is 63.1 Å². The highest BCUT2D eigenvalue weighted by Crippen LogP contribution is 2.41. The van der Waals surface area contributed by atoms with Gasteiger partial charge in [0.05, 0.1) is 108 Å². The van der Waals surface area contributed by atoms with Crippen molar-refractivity contribution in [2.24, 2.45) is 21.1 Å². The van der Waals surface area contributed by atoms with Gasteiger partial charge < -0.3 is 29.6 Å². The predicted octanol–water partition coefficient (Wildman–Crippen LogP) is 17.7. The van der Waals surface area contributed by atoms with Crippen LogP contribution < -0.4 is 22.4 Å². The zero-order chi connectivity index (χ0) is 88.3. The molecule has 28 nitrogen and oxygen atoms in total. The summed E-state index contributed by atoms with van der Waals surface area (Å²) in [6.07, 6.45) is 15.9. The number of rotatable bonds is 8. The number of aryl methyl sites for hydroxylation is 9. The summed E-state index contributed by atoms with van der Waals surface area (Å²) >= 11 is 22.9. The van der Waals surface area contributed by atoms with Crippen LogP contribution in [0.3, 0.4) is 0 Å². The number of carbonyl (C=O) groups excluding carboxylic acids is 2. The molecule has 2 amide bonds. The summed E-state index contributed by atoms with van der Waals surface area (Å²) in [5.74, 6) is 0.820. The minimum Gasteiger partial charge on any atom is -0.444 e. The molecule has 124 heavy (non-hydrogen) atoms. The van der Waals surface area contributed by atoms with Crippen molar-refractivity contribution < 1.29 is 32.2 Å². The van der Waals surface area contributed by atoms with Crippen LogP contribution in [0.2, 0.25) is 15.1 Å². The quantitative estimate of drug-likeness (QED) is 0.143. The summed E-state index contributed by atoms with van der Waals surface area (Å²) in [6, 6.07) is 20.8. The van der Waals surface area contributed by atoms with Crippen LogP contribution in [0.25, 0.3) is 78.6 Å². The fraction of sp³-hybridized carbons (Fsp3) is 0.330. The summed E-state index contributed by atoms with van der Waals surface area (Å²) in [5, 5.41) is 34.8. The van der Waals surface area contributed by atoms with Crippen LogP contribution in [0, 0.1) is 59.0 Å². The Labute approximate surface area is 740 Å². The topological polar surface area (TPSA) is 270 Å². The van der Waals surface area contributed by atoms with Gasteiger partial charge in [-0.05, 0) is 226 Å². The molecule has 0 unspecified atom stereocenters. The molecule has 6 aromatic carbocycles. The van der Waals surface area contributed by atoms with Crippen molar-refractivity contribution in [3.8, 4) is 45.9 Å². The maximum atomic E-state index is 14.7. The van der Waals surface area contributed by atoms with E-state index in [0.29, 0.717) is 121 Å². The maximum Gasteiger partial charge on any atom is 0.410 e. The van der Waals surface area contributed by atoms with Crippen molar-refractivity contribution in [1.29, 1.82) is 0 Å². The molecule has 0 saturated carbocycles. The SMILES string of the molecule is Cc1cc(-n2nc3c(c2-n2cc[nH]c2=O)[C@H](C)N(C(=O)OC(C)(C)C)CC3)cc(C)c1F.Cc1cc(-n2nc3c(c2-n2ccn(-c4ccc5c(cnn5C)c4Cl)c2=O)[C@H](C)N(C(=O)OC(C)(C)C)CC3)cc(C)c1F.Cc1cc(-n2nc3c(c2-n2ccn(-c4ccc5c(cnn5C)c4Cl)c2=O)[C@H](C)NCC3)cc(C)c1F.Cl.Cn1ncc2c(Cl)c(Br)ccc21. The monoisotopic (exact) mass is 1830 g/mol. The number of benzene rings is 6. The molecular weight excluding hydrogens is 1740 g/mol. The fourth-order valence-electron chi connectivity index (χ4n) is 16.3. The van der Waals surface area contributed by atoms with Crippen molar-refractivity contribution >= 4 is 108 Å². The van der Waals surface area contributed by atoms with Gasteiger partial charge in [0, 0.05) is 141 Å². The van der Waals surface area contributed by atoms with E-state index in [4.69, 9.17) is 59.6 Å². The van der Waals surface area contributed by atoms with Crippen LogP contribution in [0.4, 0.5) is 22.8 Å². The Morgan fingerprint density at radius 3 is 1.18 bits per heavy atom. The number of imidazole rings is 3. The van der Waals surface area contributed by atoms with Gasteiger partial charge in [-0.3, -0.25) is 36.9 Å². The highest BCUT2D eigenvalue weighted by molar-refractivity contribution is 9.10. The van der Waals surface area contributed by atoms with Crippen molar-refractivity contribution in [1.82, 2.24) is 102 Å². The molecule has 0 aliphatic carbocycles. The lowest BCUT2D eigenvalue weighted by Crippen LogP contribution is -2.42. The third kappa shape index (κ3) is 16.3. The van der Waals surface area contributed by atoms with E-state index in [1.54, 1.807) is 182 Å². The average molecular weight is 1840 g/mol. The Bertz CT molecular complexity index is 6870. The summed E-state index contributed by atoms with van der Waals surface area (Å²) in [4.78, 5) is 72.7. The predicted molar refractivity (Wildman–Crippen MR) is 478 cm³/mol. The third-order valence-corrected chi connectivity index (χ3v) is 24.4. The molecule has 0 bridgehead atoms. The molecule has 2 N–H and O–H groups in total. The highest BCUT2D eigenvalue weighted by Gasteiger charge is 2.40. The molecule has 0 fully saturated rings. The number of aromatic amines is 1. The van der Waals surface area contributed by atoms with Crippen molar-refractivity contribution in [3.05, 3.63) is 264 Å². The molecule has 3 atom stereocenters. The standard InChI is InChI=1S/C31H33ClFN7O3.C26H25ClFN7O.C23H28FN5O3.C8H6BrClN2.ClH/c1-17-14-20(15-18(2)27(17)33)40-28(25-19(3)37(11-10-22(25)35-40)30(42)43-31(4,5)6)39-13-12-38(29(39)41)24-9-8-23-21(26(24)32)16-34-36(23)7;1-14-11-17(12-15(2)24(14)28)35-25(22-16(3)29-8-7-19(22)31-35)34-10-9-33(26(34)36)21-6-5-20-18(23(21)27)13-30-32(20)4;1-13-11-16(12-14(2)19(13)24)29-20(28-10-8-25-21(28)30)18-15(3)27(9-7-17(18)26-29)22(31)32-23(4,5)6;1-12-7-3-2-6(9)8(10)5(7)4-11-12;/h8-9,12-16,19H,10-11H2,1-7H3;5-6,9-13,16,29H,7-8H2,1-4H3;8,10-12,15H,7,9H2,1-6H3,(H,25,30);2-4H,1H3;1H/t19-;16-;15-;;/m000../s1. The molecule has 3 aliphatic heterocycles. The highest BCUT2D eigenvalue weighted by atomic mass is 79.9. The van der Waals surface area contributed by atoms with Crippen molar-refractivity contribution in [2.45, 2.75) is 152 Å². The van der Waals surface area contributed by atoms with Gasteiger partial charge in [-0.25, -0.2) is 51.2 Å². The number of ether oxygens (including phenoxy) is 2. The van der Waals surface area contributed by atoms with E-state index in [2.05, 4.69) is 48.5 Å². The summed E-state index contributed by atoms with van der Waals surface area (Å²) < 4.78 is 73.5. The van der Waals surface area contributed by atoms with Gasteiger partial charge in [-0.2, -0.15) is 30.6 Å². The molecular formula is C88H93BrCl4F3N21O7. The first kappa shape index (κ1) is 88.6. The Hall–Kier alpha value is -11.7. The number of fused-ring (bicyclic) bond motifs is 6. The zero-order valence-electron chi connectivity index (χ0n) is 71.5. The number of halogens is 8. The lowest BCUT2D eigenvalue weighted by atomic mass is 10.00. The molecule has 0 radical (unpaired) electrons. The number of amides is 2. The molecule has 15 aromatic rings. The minimum atomic E-state index is -0.671. The van der Waals surface area contributed by atoms with E-state index in [9.17, 15) is 37.1 Å². The lowest BCUT2D eigenvalue weighted by Gasteiger charge is -2.34. The lowest BCUT2D eigenvalue weighted by molar-refractivity contribution is 0.0148. The van der Waals surface area contributed by atoms with Gasteiger partial charge in [0.2, 0.25) is 0 Å². The summed E-state index contributed by atoms with van der Waals surface area (Å²) in [7, 11) is 5.57. The van der Waals surface area contributed by atoms with E-state index in [1.807, 2.05) is 107 Å². The molecule has 18 rings (SSSR count). The first-order valence-electron chi connectivity index (χ1n) is 39.9. The van der Waals surface area contributed by atoms with Crippen molar-refractivity contribution in [3.63, 3.8) is 0 Å². The van der Waals surface area contributed by atoms with E-state index in [1.165, 1.54) is 18.3 Å². The number of hydrogen-bond acceptors (Lipinski definition) is 14. The Morgan fingerprint density at radius 2 is 0.815 bits per heavy atom. The second kappa shape index (κ2) is 34.1. The summed E-state index contributed by atoms with van der Waals surface area (Å²) in [6.45, 7) is 28.7. The second-order valence-corrected chi connectivity index (χ2v) is 35.1. The normalized spacial score (nSPS) is 15.1. The number of nitrogens with one attached hydrogen (secondary N) is 2. The first-order valence-corrected chi connectivity index (χ1v) is 41.9. The van der Waals surface area contributed by atoms with Gasteiger partial charge >= 0.3 is 29.3 Å². The molecule has 9 aromatic heterocycles. The first-order chi connectivity index (χ1) is 58.2. The number of nitrogens with zero attached hydrogens (tertiary/aromatic N) is 19. The Kier molecular flexibility index (Phi) is 24.4. The minimum absolute atomic E-state index is 0. The van der Waals surface area contributed by atoms with Gasteiger partial charge in [-0.1, -0.05) is 34.8 Å². The van der Waals surface area contributed by atoms with Crippen LogP contribution in [0.1, 0.15) is 148 Å². The molecule has 0 spiro atoms. The van der Waals surface area contributed by atoms with E-state index < -0.39 is 29.4 Å². The maximum absolute atomic E-state index is 14.7. The molecule has 12 heterocycles. The van der Waals surface area contributed by atoms with E-state index in [-0.39, 0.29) is 59.0 Å². The van der Waals surface area contributed by atoms with Gasteiger partial charge in [-0.15, -0.1) is 12.4 Å². The summed E-state index contributed by atoms with van der Waals surface area (Å²) in [5.41, 5.74) is 11.4. The van der Waals surface area contributed by atoms with Crippen molar-refractivity contribution in [2.75, 3.05) is 19.6 Å². The molecule has 36 heteroatoms. The van der Waals surface area contributed by atoms with E-state index in [0.717, 1.165) is 83.4 Å². The van der Waals surface area contributed by atoms with Crippen LogP contribution in [0.5, 0.6) is 0 Å². The zero-order valence-corrected chi connectivity index (χ0v) is 76.2. The van der Waals surface area contributed by atoms with Crippen LogP contribution in [-0.4, -0.2) is 139 Å². The van der Waals surface area contributed by atoms with Crippen LogP contribution in [-0.2, 0) is 49.9 Å². The molecule has 0 saturated heterocycles. The van der Waals surface area contributed by atoms with Gasteiger partial charge in [0.25, 0.3) is 0 Å². The third-order valence-electron chi connectivity index (χ3n) is 22.3. The fourth-order valence-corrected chi connectivity index (χ4v) is 17.4. The number of aromatic nitrogens is 18. The smallest absolute Gasteiger partial charge is 0.410 e. The Balaban J connectivity index is 0.000000142. The molecule has 3 aliphatic rings. The van der Waals surface area contributed by atoms with Crippen LogP contribution in [0.15, 0.2) is 147 Å². The van der Waals surface area contributed by atoms with E-state index >= 15 is 0 Å². The Morgan fingerprint density at radius 1 is 0.476 bits per heavy atom. The molecule has 648 valence electrons. The number of hydrogen-bond donors (Lipinski definition) is 2. The number of H-pyrrole nitrogens is 1. The second-order valence-electron chi connectivity index (χ2n) is 33.1. The average Bonchev–Trinajstić information content (AvgIpc) is 1.59. The largest absolute Gasteiger partial charge is 0.444 e. The van der Waals surface area contributed by atoms with Gasteiger partial charge in [0.15, 0.2) is 0 Å². The van der Waals surface area contributed by atoms with Gasteiger partial charge in [0.1, 0.15) is 46.1 Å². The number of carbonyl (C=O) groups is 2.